The molecule has 4 rings (SSSR count). The van der Waals surface area contributed by atoms with Crippen molar-refractivity contribution in [1.29, 1.82) is 0 Å². The fourth-order valence-electron chi connectivity index (χ4n) is 3.30. The summed E-state index contributed by atoms with van der Waals surface area (Å²) in [4.78, 5) is 21.3. The van der Waals surface area contributed by atoms with Gasteiger partial charge in [0, 0.05) is 26.2 Å². The minimum Gasteiger partial charge on any atom is -0.484 e. The Bertz CT molecular complexity index is 956. The lowest BCUT2D eigenvalue weighted by molar-refractivity contribution is -0.133. The first-order chi connectivity index (χ1) is 13.5. The van der Waals surface area contributed by atoms with E-state index in [-0.39, 0.29) is 18.3 Å². The summed E-state index contributed by atoms with van der Waals surface area (Å²) < 4.78 is 19.6. The zero-order valence-corrected chi connectivity index (χ0v) is 16.8. The van der Waals surface area contributed by atoms with Gasteiger partial charge in [-0.3, -0.25) is 4.79 Å². The molecule has 0 bridgehead atoms. The van der Waals surface area contributed by atoms with Crippen LogP contribution in [-0.4, -0.2) is 48.6 Å². The summed E-state index contributed by atoms with van der Waals surface area (Å²) in [5, 5.41) is 1.02. The Hall–Kier alpha value is -2.67. The number of thiazole rings is 1. The lowest BCUT2D eigenvalue weighted by Gasteiger charge is -2.34. The molecule has 2 heterocycles. The van der Waals surface area contributed by atoms with E-state index in [1.165, 1.54) is 40.1 Å². The van der Waals surface area contributed by atoms with Crippen molar-refractivity contribution in [1.82, 2.24) is 9.88 Å². The maximum absolute atomic E-state index is 12.9. The number of piperazine rings is 1. The number of hydrogen-bond acceptors (Lipinski definition) is 5. The Labute approximate surface area is 167 Å². The van der Waals surface area contributed by atoms with Gasteiger partial charge in [-0.15, -0.1) is 0 Å². The summed E-state index contributed by atoms with van der Waals surface area (Å²) in [6.45, 7) is 6.94. The molecule has 1 fully saturated rings. The molecule has 0 radical (unpaired) electrons. The van der Waals surface area contributed by atoms with Gasteiger partial charge in [0.1, 0.15) is 11.6 Å². The third-order valence-electron chi connectivity index (χ3n) is 5.01. The fourth-order valence-corrected chi connectivity index (χ4v) is 4.46. The number of aromatic nitrogens is 1. The number of benzene rings is 2. The van der Waals surface area contributed by atoms with Gasteiger partial charge >= 0.3 is 0 Å². The maximum atomic E-state index is 12.9. The Morgan fingerprint density at radius 1 is 1.07 bits per heavy atom. The number of rotatable bonds is 4. The van der Waals surface area contributed by atoms with Gasteiger partial charge < -0.3 is 14.5 Å². The molecule has 3 aromatic rings. The van der Waals surface area contributed by atoms with Crippen LogP contribution in [0.1, 0.15) is 11.1 Å². The van der Waals surface area contributed by atoms with E-state index in [1.54, 1.807) is 11.3 Å². The van der Waals surface area contributed by atoms with E-state index < -0.39 is 0 Å². The predicted octanol–water partition coefficient (Wildman–Crippen LogP) is 3.78. The van der Waals surface area contributed by atoms with Gasteiger partial charge in [-0.05, 0) is 49.2 Å². The van der Waals surface area contributed by atoms with Crippen molar-refractivity contribution in [3.63, 3.8) is 0 Å². The Morgan fingerprint density at radius 3 is 2.43 bits per heavy atom. The molecule has 28 heavy (non-hydrogen) atoms. The normalized spacial score (nSPS) is 14.5. The Morgan fingerprint density at radius 2 is 1.75 bits per heavy atom. The van der Waals surface area contributed by atoms with Crippen LogP contribution in [0.3, 0.4) is 0 Å². The first kappa shape index (κ1) is 18.7. The standard InChI is InChI=1S/C21H22FN3O2S/c1-14-3-4-15(2)20-19(14)23-21(28-20)25-11-9-24(10-12-25)18(26)13-27-17-7-5-16(22)6-8-17/h3-8H,9-13H2,1-2H3. The summed E-state index contributed by atoms with van der Waals surface area (Å²) in [5.41, 5.74) is 3.51. The molecule has 0 N–H and O–H groups in total. The van der Waals surface area contributed by atoms with Crippen molar-refractivity contribution in [3.8, 4) is 5.75 Å². The van der Waals surface area contributed by atoms with Crippen LogP contribution in [0.15, 0.2) is 36.4 Å². The van der Waals surface area contributed by atoms with Gasteiger partial charge in [0.15, 0.2) is 11.7 Å². The SMILES string of the molecule is Cc1ccc(C)c2sc(N3CCN(C(=O)COc4ccc(F)cc4)CC3)nc12. The number of fused-ring (bicyclic) bond motifs is 1. The number of carbonyl (C=O) groups excluding carboxylic acids is 1. The topological polar surface area (TPSA) is 45.7 Å². The highest BCUT2D eigenvalue weighted by Crippen LogP contribution is 2.33. The minimum atomic E-state index is -0.324. The molecule has 1 aliphatic rings. The van der Waals surface area contributed by atoms with Crippen molar-refractivity contribution in [2.24, 2.45) is 0 Å². The van der Waals surface area contributed by atoms with Crippen molar-refractivity contribution in [2.45, 2.75) is 13.8 Å². The highest BCUT2D eigenvalue weighted by Gasteiger charge is 2.23. The molecule has 0 saturated carbocycles. The molecule has 1 amide bonds. The summed E-state index contributed by atoms with van der Waals surface area (Å²) in [5.74, 6) is 0.114. The lowest BCUT2D eigenvalue weighted by atomic mass is 10.1. The second kappa shape index (κ2) is 7.75. The van der Waals surface area contributed by atoms with Crippen LogP contribution in [0.5, 0.6) is 5.75 Å². The van der Waals surface area contributed by atoms with Crippen LogP contribution < -0.4 is 9.64 Å². The monoisotopic (exact) mass is 399 g/mol. The Balaban J connectivity index is 1.35. The summed E-state index contributed by atoms with van der Waals surface area (Å²) in [6.07, 6.45) is 0. The average Bonchev–Trinajstić information content (AvgIpc) is 3.17. The van der Waals surface area contributed by atoms with Crippen LogP contribution in [0.2, 0.25) is 0 Å². The molecule has 1 saturated heterocycles. The van der Waals surface area contributed by atoms with Crippen LogP contribution in [-0.2, 0) is 4.79 Å². The zero-order valence-electron chi connectivity index (χ0n) is 15.9. The summed E-state index contributed by atoms with van der Waals surface area (Å²) in [7, 11) is 0. The third kappa shape index (κ3) is 3.80. The first-order valence-corrected chi connectivity index (χ1v) is 10.1. The molecule has 0 aliphatic carbocycles. The van der Waals surface area contributed by atoms with Crippen LogP contribution in [0, 0.1) is 19.7 Å². The van der Waals surface area contributed by atoms with E-state index in [9.17, 15) is 9.18 Å². The number of halogens is 1. The molecule has 1 aromatic heterocycles. The minimum absolute atomic E-state index is 0.0365. The zero-order chi connectivity index (χ0) is 19.7. The predicted molar refractivity (Wildman–Crippen MR) is 110 cm³/mol. The van der Waals surface area contributed by atoms with Crippen molar-refractivity contribution >= 4 is 32.6 Å². The molecule has 2 aromatic carbocycles. The van der Waals surface area contributed by atoms with E-state index in [0.29, 0.717) is 18.8 Å². The van der Waals surface area contributed by atoms with Crippen LogP contribution in [0.25, 0.3) is 10.2 Å². The Kier molecular flexibility index (Phi) is 5.17. The maximum Gasteiger partial charge on any atom is 0.260 e. The lowest BCUT2D eigenvalue weighted by Crippen LogP contribution is -2.50. The quantitative estimate of drug-likeness (QED) is 0.670. The second-order valence-electron chi connectivity index (χ2n) is 6.98. The summed E-state index contributed by atoms with van der Waals surface area (Å²) in [6, 6.07) is 9.94. The number of amides is 1. The number of hydrogen-bond donors (Lipinski definition) is 0. The largest absolute Gasteiger partial charge is 0.484 e. The van der Waals surface area contributed by atoms with E-state index in [0.717, 1.165) is 23.7 Å². The highest BCUT2D eigenvalue weighted by atomic mass is 32.1. The number of carbonyl (C=O) groups is 1. The second-order valence-corrected chi connectivity index (χ2v) is 7.96. The van der Waals surface area contributed by atoms with Gasteiger partial charge in [-0.25, -0.2) is 9.37 Å². The smallest absolute Gasteiger partial charge is 0.260 e. The van der Waals surface area contributed by atoms with Crippen LogP contribution >= 0.6 is 11.3 Å². The molecule has 1 aliphatic heterocycles. The van der Waals surface area contributed by atoms with Crippen molar-refractivity contribution < 1.29 is 13.9 Å². The first-order valence-electron chi connectivity index (χ1n) is 9.29. The molecular weight excluding hydrogens is 377 g/mol. The molecule has 0 atom stereocenters. The number of anilines is 1. The molecule has 0 spiro atoms. The molecule has 0 unspecified atom stereocenters. The van der Waals surface area contributed by atoms with E-state index in [4.69, 9.17) is 9.72 Å². The van der Waals surface area contributed by atoms with E-state index in [1.807, 2.05) is 4.90 Å². The number of nitrogens with zero attached hydrogens (tertiary/aromatic N) is 3. The average molecular weight is 399 g/mol. The molecule has 7 heteroatoms. The van der Waals surface area contributed by atoms with Gasteiger partial charge in [-0.1, -0.05) is 23.5 Å². The molecule has 5 nitrogen and oxygen atoms in total. The van der Waals surface area contributed by atoms with Gasteiger partial charge in [0.2, 0.25) is 0 Å². The molecular formula is C21H22FN3O2S. The van der Waals surface area contributed by atoms with Gasteiger partial charge in [0.25, 0.3) is 5.91 Å². The number of ether oxygens (including phenoxy) is 1. The van der Waals surface area contributed by atoms with E-state index in [2.05, 4.69) is 30.9 Å². The van der Waals surface area contributed by atoms with Gasteiger partial charge in [0.05, 0.1) is 10.2 Å². The fraction of sp³-hybridized carbons (Fsp3) is 0.333. The summed E-state index contributed by atoms with van der Waals surface area (Å²) >= 11 is 1.72. The number of aryl methyl sites for hydroxylation is 2. The van der Waals surface area contributed by atoms with Crippen LogP contribution in [0.4, 0.5) is 9.52 Å². The van der Waals surface area contributed by atoms with E-state index >= 15 is 0 Å². The third-order valence-corrected chi connectivity index (χ3v) is 6.26. The van der Waals surface area contributed by atoms with Gasteiger partial charge in [-0.2, -0.15) is 0 Å². The van der Waals surface area contributed by atoms with Crippen molar-refractivity contribution in [2.75, 3.05) is 37.7 Å². The molecule has 146 valence electrons. The highest BCUT2D eigenvalue weighted by molar-refractivity contribution is 7.22. The van der Waals surface area contributed by atoms with Crippen molar-refractivity contribution in [3.05, 3.63) is 53.3 Å².